The molecule has 2 N–H and O–H groups in total. The molecule has 3 aromatic heterocycles. The van der Waals surface area contributed by atoms with Gasteiger partial charge in [-0.3, -0.25) is 0 Å². The zero-order chi connectivity index (χ0) is 26.2. The Morgan fingerprint density at radius 1 is 0.842 bits per heavy atom. The molecule has 3 heterocycles. The van der Waals surface area contributed by atoms with Gasteiger partial charge in [-0.1, -0.05) is 43.0 Å². The number of aromatic nitrogens is 6. The molecule has 0 spiro atoms. The highest BCUT2D eigenvalue weighted by molar-refractivity contribution is 7.99. The molecule has 1 aliphatic rings. The highest BCUT2D eigenvalue weighted by atomic mass is 35.5. The molecule has 38 heavy (non-hydrogen) atoms. The van der Waals surface area contributed by atoms with Crippen LogP contribution in [0.2, 0.25) is 5.02 Å². The molecule has 1 saturated carbocycles. The summed E-state index contributed by atoms with van der Waals surface area (Å²) in [5.74, 6) is 0.381. The fourth-order valence-corrected chi connectivity index (χ4v) is 6.22. The molecule has 0 radical (unpaired) electrons. The van der Waals surface area contributed by atoms with Gasteiger partial charge in [0.2, 0.25) is 5.95 Å². The summed E-state index contributed by atoms with van der Waals surface area (Å²) >= 11 is 14.5. The van der Waals surface area contributed by atoms with Crippen molar-refractivity contribution >= 4 is 58.4 Å². The van der Waals surface area contributed by atoms with Crippen molar-refractivity contribution in [3.63, 3.8) is 0 Å². The van der Waals surface area contributed by atoms with E-state index in [1.165, 1.54) is 48.3 Å². The van der Waals surface area contributed by atoms with Gasteiger partial charge in [0.05, 0.1) is 0 Å². The van der Waals surface area contributed by atoms with E-state index in [1.54, 1.807) is 36.9 Å². The van der Waals surface area contributed by atoms with Crippen molar-refractivity contribution in [2.75, 3.05) is 11.9 Å². The lowest BCUT2D eigenvalue weighted by Crippen LogP contribution is -2.43. The van der Waals surface area contributed by atoms with E-state index < -0.39 is 0 Å². The van der Waals surface area contributed by atoms with E-state index in [0.29, 0.717) is 38.0 Å². The van der Waals surface area contributed by atoms with E-state index in [9.17, 15) is 0 Å². The van der Waals surface area contributed by atoms with E-state index in [4.69, 9.17) is 23.8 Å². The summed E-state index contributed by atoms with van der Waals surface area (Å²) in [6.45, 7) is 0.715. The van der Waals surface area contributed by atoms with Gasteiger partial charge in [0.15, 0.2) is 15.4 Å². The lowest BCUT2D eigenvalue weighted by atomic mass is 9.69. The number of thiocarbonyl (C=S) groups is 1. The molecular weight excluding hydrogens is 556 g/mol. The highest BCUT2D eigenvalue weighted by Gasteiger charge is 2.34. The van der Waals surface area contributed by atoms with Crippen molar-refractivity contribution < 1.29 is 0 Å². The molecular formula is C26H25ClN8S3. The largest absolute Gasteiger partial charge is 0.361 e. The second-order valence-corrected chi connectivity index (χ2v) is 11.6. The molecule has 8 nitrogen and oxygen atoms in total. The van der Waals surface area contributed by atoms with Crippen molar-refractivity contribution in [1.82, 2.24) is 35.2 Å². The Balaban J connectivity index is 1.32. The van der Waals surface area contributed by atoms with E-state index in [-0.39, 0.29) is 5.41 Å². The second kappa shape index (κ2) is 12.8. The summed E-state index contributed by atoms with van der Waals surface area (Å²) in [5, 5.41) is 10.4. The number of halogens is 1. The molecule has 194 valence electrons. The molecule has 1 fully saturated rings. The number of nitrogens with zero attached hydrogens (tertiary/aromatic N) is 6. The van der Waals surface area contributed by atoms with Crippen molar-refractivity contribution in [1.29, 1.82) is 0 Å². The molecule has 1 aliphatic carbocycles. The molecule has 1 aromatic carbocycles. The summed E-state index contributed by atoms with van der Waals surface area (Å²) in [6.07, 6.45) is 12.6. The number of hydrogen-bond acceptors (Lipinski definition) is 9. The quantitative estimate of drug-likeness (QED) is 0.141. The van der Waals surface area contributed by atoms with E-state index >= 15 is 0 Å². The lowest BCUT2D eigenvalue weighted by molar-refractivity contribution is 0.292. The number of nitrogens with one attached hydrogen (secondary N) is 2. The van der Waals surface area contributed by atoms with Gasteiger partial charge >= 0.3 is 0 Å². The molecule has 0 saturated heterocycles. The number of anilines is 1. The fourth-order valence-electron chi connectivity index (χ4n) is 4.42. The first kappa shape index (κ1) is 26.7. The highest BCUT2D eigenvalue weighted by Crippen LogP contribution is 2.39. The van der Waals surface area contributed by atoms with Crippen LogP contribution >= 0.6 is 47.3 Å². The minimum absolute atomic E-state index is 0.00342. The average molecular weight is 581 g/mol. The minimum Gasteiger partial charge on any atom is -0.361 e. The molecule has 12 heteroatoms. The Morgan fingerprint density at radius 3 is 1.95 bits per heavy atom. The molecule has 5 rings (SSSR count). The molecule has 4 aromatic rings. The zero-order valence-corrected chi connectivity index (χ0v) is 23.6. The van der Waals surface area contributed by atoms with Crippen LogP contribution in [0, 0.1) is 0 Å². The van der Waals surface area contributed by atoms with Crippen LogP contribution < -0.4 is 10.6 Å². The Hall–Kier alpha value is -2.86. The predicted octanol–water partition coefficient (Wildman–Crippen LogP) is 6.20. The smallest absolute Gasteiger partial charge is 0.231 e. The predicted molar refractivity (Wildman–Crippen MR) is 155 cm³/mol. The van der Waals surface area contributed by atoms with E-state index in [2.05, 4.69) is 52.7 Å². The van der Waals surface area contributed by atoms with Crippen LogP contribution in [0.25, 0.3) is 0 Å². The van der Waals surface area contributed by atoms with Crippen molar-refractivity contribution in [3.05, 3.63) is 77.8 Å². The van der Waals surface area contributed by atoms with Gasteiger partial charge in [0.1, 0.15) is 10.1 Å². The van der Waals surface area contributed by atoms with Crippen LogP contribution in [0.3, 0.4) is 0 Å². The van der Waals surface area contributed by atoms with Crippen LogP contribution in [-0.4, -0.2) is 41.6 Å². The van der Waals surface area contributed by atoms with Crippen LogP contribution in [0.5, 0.6) is 0 Å². The van der Waals surface area contributed by atoms with Gasteiger partial charge in [-0.05, 0) is 78.4 Å². The summed E-state index contributed by atoms with van der Waals surface area (Å²) in [5.41, 5.74) is 1.29. The van der Waals surface area contributed by atoms with Gasteiger partial charge < -0.3 is 10.6 Å². The SMILES string of the molecule is S=C(NCC1(c2ccc(Cl)cc2)CCCCC1)Nc1nc(Sc2ncccn2)cc(Sc2ncccn2)n1. The maximum Gasteiger partial charge on any atom is 0.231 e. The second-order valence-electron chi connectivity index (χ2n) is 8.79. The summed E-state index contributed by atoms with van der Waals surface area (Å²) < 4.78 is 0. The third-order valence-electron chi connectivity index (χ3n) is 6.23. The molecule has 0 bridgehead atoms. The van der Waals surface area contributed by atoms with Crippen molar-refractivity contribution in [2.45, 2.75) is 57.9 Å². The Kier molecular flexibility index (Phi) is 9.00. The monoisotopic (exact) mass is 580 g/mol. The summed E-state index contributed by atoms with van der Waals surface area (Å²) in [4.78, 5) is 26.5. The summed E-state index contributed by atoms with van der Waals surface area (Å²) in [6, 6.07) is 13.6. The number of rotatable bonds is 8. The minimum atomic E-state index is 0.00342. The van der Waals surface area contributed by atoms with E-state index in [1.807, 2.05) is 18.2 Å². The average Bonchev–Trinajstić information content (AvgIpc) is 2.94. The molecule has 0 aliphatic heterocycles. The third kappa shape index (κ3) is 7.16. The van der Waals surface area contributed by atoms with Gasteiger partial charge in [0.25, 0.3) is 0 Å². The maximum atomic E-state index is 6.16. The topological polar surface area (TPSA) is 101 Å². The van der Waals surface area contributed by atoms with Gasteiger partial charge in [-0.25, -0.2) is 29.9 Å². The van der Waals surface area contributed by atoms with Gasteiger partial charge in [-0.2, -0.15) is 0 Å². The first-order valence-corrected chi connectivity index (χ1v) is 14.6. The Morgan fingerprint density at radius 2 is 1.39 bits per heavy atom. The Labute approximate surface area is 240 Å². The number of hydrogen-bond donors (Lipinski definition) is 2. The summed E-state index contributed by atoms with van der Waals surface area (Å²) in [7, 11) is 0. The lowest BCUT2D eigenvalue weighted by Gasteiger charge is -2.38. The molecule has 0 amide bonds. The first-order chi connectivity index (χ1) is 18.6. The van der Waals surface area contributed by atoms with Gasteiger partial charge in [0, 0.05) is 47.8 Å². The van der Waals surface area contributed by atoms with Crippen LogP contribution in [0.4, 0.5) is 5.95 Å². The van der Waals surface area contributed by atoms with Crippen LogP contribution in [0.15, 0.2) is 87.6 Å². The zero-order valence-electron chi connectivity index (χ0n) is 20.4. The van der Waals surface area contributed by atoms with Crippen molar-refractivity contribution in [2.24, 2.45) is 0 Å². The standard InChI is InChI=1S/C26H25ClN8S3/c27-19-8-6-18(7-9-19)26(10-2-1-3-11-26)17-32-23(36)35-22-33-20(37-24-28-12-4-13-29-24)16-21(34-22)38-25-30-14-5-15-31-25/h4-9,12-16H,1-3,10-11,17H2,(H2,32,33,34,35,36). The molecule has 0 unspecified atom stereocenters. The normalized spacial score (nSPS) is 14.6. The fraction of sp³-hybridized carbons (Fsp3) is 0.269. The number of benzene rings is 1. The Bertz CT molecular complexity index is 1290. The van der Waals surface area contributed by atoms with Crippen LogP contribution in [-0.2, 0) is 5.41 Å². The van der Waals surface area contributed by atoms with Gasteiger partial charge in [-0.15, -0.1) is 0 Å². The molecule has 0 atom stereocenters. The first-order valence-electron chi connectivity index (χ1n) is 12.2. The third-order valence-corrected chi connectivity index (χ3v) is 8.36. The van der Waals surface area contributed by atoms with Crippen molar-refractivity contribution in [3.8, 4) is 0 Å². The maximum absolute atomic E-state index is 6.16. The van der Waals surface area contributed by atoms with Crippen LogP contribution in [0.1, 0.15) is 37.7 Å². The van der Waals surface area contributed by atoms with E-state index in [0.717, 1.165) is 17.9 Å².